The molecule has 2 aromatic carbocycles. The molecule has 0 spiro atoms. The third kappa shape index (κ3) is 4.66. The predicted octanol–water partition coefficient (Wildman–Crippen LogP) is 5.31. The van der Waals surface area contributed by atoms with Gasteiger partial charge in [0.1, 0.15) is 5.75 Å². The lowest BCUT2D eigenvalue weighted by Gasteiger charge is -2.30. The van der Waals surface area contributed by atoms with Crippen LogP contribution < -0.4 is 4.90 Å². The van der Waals surface area contributed by atoms with E-state index in [0.717, 1.165) is 12.1 Å². The van der Waals surface area contributed by atoms with Crippen molar-refractivity contribution in [2.45, 2.75) is 6.18 Å². The number of morpholine rings is 1. The Bertz CT molecular complexity index is 866. The molecule has 0 unspecified atom stereocenters. The Kier molecular flexibility index (Phi) is 5.83. The number of rotatable bonds is 3. The fourth-order valence-electron chi connectivity index (χ4n) is 2.70. The molecule has 0 aromatic heterocycles. The van der Waals surface area contributed by atoms with Gasteiger partial charge in [0, 0.05) is 29.9 Å². The lowest BCUT2D eigenvalue weighted by atomic mass is 10.1. The lowest BCUT2D eigenvalue weighted by Crippen LogP contribution is -2.36. The van der Waals surface area contributed by atoms with Crippen molar-refractivity contribution >= 4 is 40.8 Å². The van der Waals surface area contributed by atoms with Crippen LogP contribution in [0, 0.1) is 0 Å². The molecule has 0 bridgehead atoms. The second-order valence-electron chi connectivity index (χ2n) is 5.88. The van der Waals surface area contributed by atoms with E-state index in [0.29, 0.717) is 32.0 Å². The fraction of sp³-hybridized carbons (Fsp3) is 0.278. The quantitative estimate of drug-likeness (QED) is 0.687. The number of hydrogen-bond donors (Lipinski definition) is 1. The molecular formula is C18H15Cl2F3N2O2. The van der Waals surface area contributed by atoms with Gasteiger partial charge in [0.05, 0.1) is 35.2 Å². The lowest BCUT2D eigenvalue weighted by molar-refractivity contribution is -0.137. The molecule has 0 saturated carbocycles. The number of halogens is 5. The summed E-state index contributed by atoms with van der Waals surface area (Å²) in [5, 5.41) is 10.3. The molecule has 1 aliphatic rings. The molecule has 0 radical (unpaired) electrons. The van der Waals surface area contributed by atoms with Gasteiger partial charge in [-0.15, -0.1) is 0 Å². The Morgan fingerprint density at radius 3 is 2.48 bits per heavy atom. The number of benzene rings is 2. The van der Waals surface area contributed by atoms with Crippen LogP contribution in [0.3, 0.4) is 0 Å². The summed E-state index contributed by atoms with van der Waals surface area (Å²) in [5.74, 6) is -0.246. The van der Waals surface area contributed by atoms with Crippen molar-refractivity contribution in [2.75, 3.05) is 31.2 Å². The van der Waals surface area contributed by atoms with Crippen molar-refractivity contribution in [3.63, 3.8) is 0 Å². The Morgan fingerprint density at radius 2 is 1.81 bits per heavy atom. The van der Waals surface area contributed by atoms with Gasteiger partial charge in [0.15, 0.2) is 0 Å². The average Bonchev–Trinajstić information content (AvgIpc) is 2.63. The number of phenolic OH excluding ortho intramolecular Hbond substituents is 1. The molecule has 0 amide bonds. The SMILES string of the molecule is Oc1c(Cl)cc(Cl)cc1C=Nc1cc(C(F)(F)F)ccc1N1CCOCC1. The van der Waals surface area contributed by atoms with Gasteiger partial charge in [0.2, 0.25) is 0 Å². The summed E-state index contributed by atoms with van der Waals surface area (Å²) in [4.78, 5) is 6.09. The molecule has 1 heterocycles. The molecule has 4 nitrogen and oxygen atoms in total. The van der Waals surface area contributed by atoms with Gasteiger partial charge in [0.25, 0.3) is 0 Å². The van der Waals surface area contributed by atoms with E-state index < -0.39 is 11.7 Å². The summed E-state index contributed by atoms with van der Waals surface area (Å²) in [6.07, 6.45) is -3.25. The zero-order chi connectivity index (χ0) is 19.6. The maximum Gasteiger partial charge on any atom is 0.416 e. The molecule has 0 atom stereocenters. The maximum absolute atomic E-state index is 13.1. The molecule has 3 rings (SSSR count). The van der Waals surface area contributed by atoms with Crippen molar-refractivity contribution in [2.24, 2.45) is 4.99 Å². The number of aromatic hydroxyl groups is 1. The first kappa shape index (κ1) is 19.8. The summed E-state index contributed by atoms with van der Waals surface area (Å²) in [5.41, 5.74) is 0.0789. The number of ether oxygens (including phenoxy) is 1. The van der Waals surface area contributed by atoms with Crippen LogP contribution in [0.4, 0.5) is 24.5 Å². The van der Waals surface area contributed by atoms with Crippen molar-refractivity contribution in [1.82, 2.24) is 0 Å². The summed E-state index contributed by atoms with van der Waals surface area (Å²) < 4.78 is 44.6. The van der Waals surface area contributed by atoms with Crippen LogP contribution in [-0.4, -0.2) is 37.6 Å². The fourth-order valence-corrected chi connectivity index (χ4v) is 3.21. The largest absolute Gasteiger partial charge is 0.506 e. The third-order valence-electron chi connectivity index (χ3n) is 4.05. The van der Waals surface area contributed by atoms with Crippen LogP contribution in [0.5, 0.6) is 5.75 Å². The first-order valence-electron chi connectivity index (χ1n) is 8.02. The summed E-state index contributed by atoms with van der Waals surface area (Å²) in [6.45, 7) is 2.05. The molecule has 1 fully saturated rings. The van der Waals surface area contributed by atoms with Crippen LogP contribution >= 0.6 is 23.2 Å². The van der Waals surface area contributed by atoms with Crippen molar-refractivity contribution < 1.29 is 23.0 Å². The minimum absolute atomic E-state index is 0.0291. The van der Waals surface area contributed by atoms with E-state index >= 15 is 0 Å². The minimum atomic E-state index is -4.49. The molecule has 144 valence electrons. The topological polar surface area (TPSA) is 45.1 Å². The molecule has 2 aromatic rings. The molecular weight excluding hydrogens is 404 g/mol. The van der Waals surface area contributed by atoms with E-state index in [9.17, 15) is 18.3 Å². The zero-order valence-electron chi connectivity index (χ0n) is 13.9. The normalized spacial score (nSPS) is 15.5. The number of phenols is 1. The van der Waals surface area contributed by atoms with Gasteiger partial charge in [-0.1, -0.05) is 23.2 Å². The predicted molar refractivity (Wildman–Crippen MR) is 99.9 cm³/mol. The van der Waals surface area contributed by atoms with Crippen LogP contribution in [-0.2, 0) is 10.9 Å². The van der Waals surface area contributed by atoms with E-state index in [2.05, 4.69) is 4.99 Å². The van der Waals surface area contributed by atoms with Gasteiger partial charge < -0.3 is 14.7 Å². The second kappa shape index (κ2) is 7.96. The highest BCUT2D eigenvalue weighted by molar-refractivity contribution is 6.36. The van der Waals surface area contributed by atoms with Crippen molar-refractivity contribution in [3.8, 4) is 5.75 Å². The second-order valence-corrected chi connectivity index (χ2v) is 6.73. The Balaban J connectivity index is 2.03. The van der Waals surface area contributed by atoms with Crippen molar-refractivity contribution in [1.29, 1.82) is 0 Å². The van der Waals surface area contributed by atoms with Gasteiger partial charge in [-0.05, 0) is 30.3 Å². The van der Waals surface area contributed by atoms with Gasteiger partial charge in [-0.25, -0.2) is 0 Å². The van der Waals surface area contributed by atoms with E-state index in [4.69, 9.17) is 27.9 Å². The van der Waals surface area contributed by atoms with Gasteiger partial charge in [-0.3, -0.25) is 4.99 Å². The first-order chi connectivity index (χ1) is 12.8. The highest BCUT2D eigenvalue weighted by Gasteiger charge is 2.31. The Hall–Kier alpha value is -1.96. The van der Waals surface area contributed by atoms with E-state index in [1.807, 2.05) is 4.90 Å². The first-order valence-corrected chi connectivity index (χ1v) is 8.77. The van der Waals surface area contributed by atoms with Gasteiger partial charge in [-0.2, -0.15) is 13.2 Å². The number of nitrogens with zero attached hydrogens (tertiary/aromatic N) is 2. The number of aliphatic imine (C=N–C) groups is 1. The molecule has 1 saturated heterocycles. The minimum Gasteiger partial charge on any atom is -0.506 e. The highest BCUT2D eigenvalue weighted by atomic mass is 35.5. The summed E-state index contributed by atoms with van der Waals surface area (Å²) in [6, 6.07) is 6.18. The number of alkyl halides is 3. The summed E-state index contributed by atoms with van der Waals surface area (Å²) in [7, 11) is 0. The molecule has 9 heteroatoms. The highest BCUT2D eigenvalue weighted by Crippen LogP contribution is 2.37. The van der Waals surface area contributed by atoms with Crippen molar-refractivity contribution in [3.05, 3.63) is 51.5 Å². The molecule has 0 aliphatic carbocycles. The zero-order valence-corrected chi connectivity index (χ0v) is 15.4. The third-order valence-corrected chi connectivity index (χ3v) is 4.56. The van der Waals surface area contributed by atoms with Crippen LogP contribution in [0.1, 0.15) is 11.1 Å². The van der Waals surface area contributed by atoms with Gasteiger partial charge >= 0.3 is 6.18 Å². The van der Waals surface area contributed by atoms with Crippen LogP contribution in [0.2, 0.25) is 10.0 Å². The number of anilines is 1. The molecule has 1 N–H and O–H groups in total. The van der Waals surface area contributed by atoms with E-state index in [1.165, 1.54) is 24.4 Å². The smallest absolute Gasteiger partial charge is 0.416 e. The number of hydrogen-bond acceptors (Lipinski definition) is 4. The standard InChI is InChI=1S/C18H15Cl2F3N2O2/c19-13-7-11(17(26)14(20)9-13)10-24-15-8-12(18(21,22)23)1-2-16(15)25-3-5-27-6-4-25/h1-2,7-10,26H,3-6H2. The van der Waals surface area contributed by atoms with E-state index in [1.54, 1.807) is 0 Å². The average molecular weight is 419 g/mol. The van der Waals surface area contributed by atoms with Crippen LogP contribution in [0.25, 0.3) is 0 Å². The molecule has 1 aliphatic heterocycles. The monoisotopic (exact) mass is 418 g/mol. The van der Waals surface area contributed by atoms with Crippen LogP contribution in [0.15, 0.2) is 35.3 Å². The maximum atomic E-state index is 13.1. The Labute approximate surface area is 163 Å². The molecule has 27 heavy (non-hydrogen) atoms. The Morgan fingerprint density at radius 1 is 1.11 bits per heavy atom. The summed E-state index contributed by atoms with van der Waals surface area (Å²) >= 11 is 11.8. The van der Waals surface area contributed by atoms with E-state index in [-0.39, 0.29) is 27.0 Å².